The van der Waals surface area contributed by atoms with E-state index in [2.05, 4.69) is 4.74 Å². The summed E-state index contributed by atoms with van der Waals surface area (Å²) in [5, 5.41) is 10.5. The van der Waals surface area contributed by atoms with Gasteiger partial charge in [0.05, 0.1) is 18.1 Å². The van der Waals surface area contributed by atoms with Gasteiger partial charge in [-0.2, -0.15) is 0 Å². The zero-order valence-electron chi connectivity index (χ0n) is 10.8. The lowest BCUT2D eigenvalue weighted by molar-refractivity contribution is -0.155. The van der Waals surface area contributed by atoms with E-state index in [1.165, 1.54) is 20.1 Å². The number of carbonyl (C=O) groups is 1. The van der Waals surface area contributed by atoms with Crippen LogP contribution in [0.15, 0.2) is 12.1 Å². The van der Waals surface area contributed by atoms with Gasteiger partial charge in [-0.1, -0.05) is 30.1 Å². The van der Waals surface area contributed by atoms with Gasteiger partial charge in [0, 0.05) is 10.6 Å². The van der Waals surface area contributed by atoms with Crippen molar-refractivity contribution in [3.05, 3.63) is 33.6 Å². The molecule has 0 saturated carbocycles. The molecule has 3 nitrogen and oxygen atoms in total. The Bertz CT molecular complexity index is 489. The number of hydrogen-bond acceptors (Lipinski definition) is 3. The molecule has 1 N–H and O–H groups in total. The van der Waals surface area contributed by atoms with Crippen LogP contribution in [0.3, 0.4) is 0 Å². The molecule has 0 heterocycles. The summed E-state index contributed by atoms with van der Waals surface area (Å²) in [5.74, 6) is -2.14. The topological polar surface area (TPSA) is 46.5 Å². The minimum absolute atomic E-state index is 0.0961. The molecule has 0 saturated heterocycles. The maximum absolute atomic E-state index is 13.5. The molecule has 0 aliphatic carbocycles. The fraction of sp³-hybridized carbons (Fsp3) is 0.462. The summed E-state index contributed by atoms with van der Waals surface area (Å²) < 4.78 is 18.2. The molecule has 0 aliphatic rings. The molecule has 1 aromatic carbocycles. The first-order valence-corrected chi connectivity index (χ1v) is 6.46. The second-order valence-corrected chi connectivity index (χ2v) is 5.19. The summed E-state index contributed by atoms with van der Waals surface area (Å²) in [4.78, 5) is 11.7. The molecule has 0 aromatic heterocycles. The summed E-state index contributed by atoms with van der Waals surface area (Å²) in [7, 11) is 1.23. The van der Waals surface area contributed by atoms with Crippen molar-refractivity contribution in [2.24, 2.45) is 5.92 Å². The van der Waals surface area contributed by atoms with Crippen molar-refractivity contribution in [1.82, 2.24) is 0 Å². The molecule has 2 atom stereocenters. The van der Waals surface area contributed by atoms with Gasteiger partial charge in [0.25, 0.3) is 0 Å². The molecule has 2 unspecified atom stereocenters. The first-order chi connectivity index (χ1) is 8.75. The Labute approximate surface area is 121 Å². The minimum Gasteiger partial charge on any atom is -0.469 e. The molecule has 19 heavy (non-hydrogen) atoms. The van der Waals surface area contributed by atoms with Crippen LogP contribution in [0.5, 0.6) is 0 Å². The monoisotopic (exact) mass is 308 g/mol. The van der Waals surface area contributed by atoms with E-state index in [-0.39, 0.29) is 15.6 Å². The van der Waals surface area contributed by atoms with E-state index in [9.17, 15) is 14.3 Å². The Balaban J connectivity index is 3.32. The van der Waals surface area contributed by atoms with Gasteiger partial charge in [0.2, 0.25) is 0 Å². The summed E-state index contributed by atoms with van der Waals surface area (Å²) in [5.41, 5.74) is -1.54. The summed E-state index contributed by atoms with van der Waals surface area (Å²) in [6, 6.07) is 2.24. The van der Waals surface area contributed by atoms with E-state index in [0.29, 0.717) is 6.42 Å². The minimum atomic E-state index is -1.65. The maximum Gasteiger partial charge on any atom is 0.311 e. The van der Waals surface area contributed by atoms with E-state index >= 15 is 0 Å². The quantitative estimate of drug-likeness (QED) is 0.683. The van der Waals surface area contributed by atoms with Crippen molar-refractivity contribution >= 4 is 29.2 Å². The summed E-state index contributed by atoms with van der Waals surface area (Å²) in [6.07, 6.45) is 0.320. The second-order valence-electron chi connectivity index (χ2n) is 4.38. The molecular formula is C13H15Cl2FO3. The van der Waals surface area contributed by atoms with Gasteiger partial charge in [0.15, 0.2) is 0 Å². The Morgan fingerprint density at radius 2 is 2.05 bits per heavy atom. The number of methoxy groups -OCH3 is 1. The predicted octanol–water partition coefficient (Wildman–Crippen LogP) is 3.54. The van der Waals surface area contributed by atoms with Crippen molar-refractivity contribution in [3.63, 3.8) is 0 Å². The van der Waals surface area contributed by atoms with Crippen molar-refractivity contribution in [1.29, 1.82) is 0 Å². The predicted molar refractivity (Wildman–Crippen MR) is 71.8 cm³/mol. The lowest BCUT2D eigenvalue weighted by atomic mass is 9.81. The Hall–Kier alpha value is -0.840. The van der Waals surface area contributed by atoms with Crippen LogP contribution in [0, 0.1) is 11.7 Å². The summed E-state index contributed by atoms with van der Waals surface area (Å²) >= 11 is 11.6. The Kier molecular flexibility index (Phi) is 5.18. The van der Waals surface area contributed by atoms with E-state index in [1.807, 2.05) is 0 Å². The van der Waals surface area contributed by atoms with Crippen LogP contribution in [-0.2, 0) is 15.1 Å². The van der Waals surface area contributed by atoms with Gasteiger partial charge in [-0.25, -0.2) is 4.39 Å². The Morgan fingerprint density at radius 3 is 2.53 bits per heavy atom. The van der Waals surface area contributed by atoms with Crippen molar-refractivity contribution in [2.75, 3.05) is 7.11 Å². The third-order valence-electron chi connectivity index (χ3n) is 3.13. The fourth-order valence-electron chi connectivity index (χ4n) is 2.03. The zero-order valence-corrected chi connectivity index (χ0v) is 12.3. The third-order valence-corrected chi connectivity index (χ3v) is 3.73. The largest absolute Gasteiger partial charge is 0.469 e. The highest BCUT2D eigenvalue weighted by Gasteiger charge is 2.40. The molecule has 6 heteroatoms. The SMILES string of the molecule is CCC(C(=O)OC)C(C)(O)c1cc(F)c(Cl)cc1Cl. The normalized spacial score (nSPS) is 15.7. The van der Waals surface area contributed by atoms with Crippen LogP contribution >= 0.6 is 23.2 Å². The summed E-state index contributed by atoms with van der Waals surface area (Å²) in [6.45, 7) is 3.11. The molecule has 0 spiro atoms. The first-order valence-electron chi connectivity index (χ1n) is 5.70. The highest BCUT2D eigenvalue weighted by molar-refractivity contribution is 6.35. The van der Waals surface area contributed by atoms with E-state index in [1.54, 1.807) is 6.92 Å². The molecule has 1 aromatic rings. The van der Waals surface area contributed by atoms with E-state index in [0.717, 1.165) is 6.07 Å². The van der Waals surface area contributed by atoms with Crippen molar-refractivity contribution in [2.45, 2.75) is 25.9 Å². The maximum atomic E-state index is 13.5. The van der Waals surface area contributed by atoms with Gasteiger partial charge in [0.1, 0.15) is 11.4 Å². The molecule has 106 valence electrons. The molecule has 0 bridgehead atoms. The average molecular weight is 309 g/mol. The highest BCUT2D eigenvalue weighted by Crippen LogP contribution is 2.38. The Morgan fingerprint density at radius 1 is 1.47 bits per heavy atom. The number of hydrogen-bond donors (Lipinski definition) is 1. The molecule has 0 amide bonds. The van der Waals surface area contributed by atoms with Gasteiger partial charge < -0.3 is 9.84 Å². The number of ether oxygens (including phenoxy) is 1. The van der Waals surface area contributed by atoms with Crippen LogP contribution in [0.4, 0.5) is 4.39 Å². The van der Waals surface area contributed by atoms with Gasteiger partial charge in [-0.05, 0) is 25.5 Å². The number of aliphatic hydroxyl groups is 1. The molecule has 1 rings (SSSR count). The van der Waals surface area contributed by atoms with E-state index in [4.69, 9.17) is 23.2 Å². The fourth-order valence-corrected chi connectivity index (χ4v) is 2.61. The average Bonchev–Trinajstić information content (AvgIpc) is 2.33. The van der Waals surface area contributed by atoms with Crippen molar-refractivity contribution in [3.8, 4) is 0 Å². The zero-order chi connectivity index (χ0) is 14.8. The van der Waals surface area contributed by atoms with Crippen LogP contribution < -0.4 is 0 Å². The van der Waals surface area contributed by atoms with E-state index < -0.39 is 23.3 Å². The highest BCUT2D eigenvalue weighted by atomic mass is 35.5. The third kappa shape index (κ3) is 3.19. The number of halogens is 3. The van der Waals surface area contributed by atoms with Gasteiger partial charge in [-0.15, -0.1) is 0 Å². The lowest BCUT2D eigenvalue weighted by Crippen LogP contribution is -2.38. The number of benzene rings is 1. The second kappa shape index (κ2) is 6.07. The smallest absolute Gasteiger partial charge is 0.311 e. The van der Waals surface area contributed by atoms with Crippen LogP contribution in [0.2, 0.25) is 10.0 Å². The molecule has 0 fully saturated rings. The van der Waals surface area contributed by atoms with Crippen LogP contribution in [0.25, 0.3) is 0 Å². The van der Waals surface area contributed by atoms with Gasteiger partial charge in [-0.3, -0.25) is 4.79 Å². The lowest BCUT2D eigenvalue weighted by Gasteiger charge is -2.31. The number of carbonyl (C=O) groups excluding carboxylic acids is 1. The molecular weight excluding hydrogens is 294 g/mol. The number of esters is 1. The van der Waals surface area contributed by atoms with Crippen molar-refractivity contribution < 1.29 is 19.0 Å². The first kappa shape index (κ1) is 16.2. The number of rotatable bonds is 4. The standard InChI is InChI=1S/C13H15Cl2FO3/c1-4-7(12(17)19-3)13(2,18)8-5-11(16)10(15)6-9(8)14/h5-7,18H,4H2,1-3H3. The van der Waals surface area contributed by atoms with Crippen LogP contribution in [0.1, 0.15) is 25.8 Å². The molecule has 0 radical (unpaired) electrons. The molecule has 0 aliphatic heterocycles. The van der Waals surface area contributed by atoms with Crippen LogP contribution in [-0.4, -0.2) is 18.2 Å². The van der Waals surface area contributed by atoms with Gasteiger partial charge >= 0.3 is 5.97 Å².